The summed E-state index contributed by atoms with van der Waals surface area (Å²) < 4.78 is 16.5. The highest BCUT2D eigenvalue weighted by atomic mass is 16.7. The smallest absolute Gasteiger partial charge is 0.168 e. The van der Waals surface area contributed by atoms with Gasteiger partial charge in [-0.25, -0.2) is 0 Å². The van der Waals surface area contributed by atoms with E-state index in [1.807, 2.05) is 13.0 Å². The number of hydrogen-bond donors (Lipinski definition) is 1. The highest BCUT2D eigenvalue weighted by Gasteiger charge is 2.37. The van der Waals surface area contributed by atoms with E-state index in [0.717, 1.165) is 25.0 Å². The molecule has 4 nitrogen and oxygen atoms in total. The predicted molar refractivity (Wildman–Crippen MR) is 79.6 cm³/mol. The van der Waals surface area contributed by atoms with E-state index < -0.39 is 11.9 Å². The van der Waals surface area contributed by atoms with Crippen LogP contribution in [0.4, 0.5) is 0 Å². The van der Waals surface area contributed by atoms with E-state index in [1.165, 1.54) is 11.1 Å². The van der Waals surface area contributed by atoms with Crippen LogP contribution in [0.2, 0.25) is 0 Å². The second kappa shape index (κ2) is 5.95. The average molecular weight is 292 g/mol. The normalized spacial score (nSPS) is 25.4. The van der Waals surface area contributed by atoms with E-state index in [4.69, 9.17) is 14.2 Å². The van der Waals surface area contributed by atoms with Crippen LogP contribution in [0.3, 0.4) is 0 Å². The molecule has 2 atom stereocenters. The number of ether oxygens (including phenoxy) is 3. The van der Waals surface area contributed by atoms with Crippen molar-refractivity contribution in [3.8, 4) is 5.75 Å². The SMILES string of the molecule is COc1ccc2c(c1)CCCC2C(O)CC1(C)OCCO1. The zero-order chi connectivity index (χ0) is 14.9. The van der Waals surface area contributed by atoms with Crippen LogP contribution in [-0.2, 0) is 15.9 Å². The van der Waals surface area contributed by atoms with Crippen LogP contribution in [0.25, 0.3) is 0 Å². The van der Waals surface area contributed by atoms with Crippen LogP contribution >= 0.6 is 0 Å². The Hall–Kier alpha value is -1.10. The maximum Gasteiger partial charge on any atom is 0.168 e. The van der Waals surface area contributed by atoms with Gasteiger partial charge in [0.2, 0.25) is 0 Å². The third-order valence-corrected chi connectivity index (χ3v) is 4.65. The molecule has 3 rings (SSSR count). The Morgan fingerprint density at radius 1 is 1.38 bits per heavy atom. The lowest BCUT2D eigenvalue weighted by Gasteiger charge is -2.33. The number of methoxy groups -OCH3 is 1. The largest absolute Gasteiger partial charge is 0.497 e. The van der Waals surface area contributed by atoms with Gasteiger partial charge in [0.1, 0.15) is 5.75 Å². The summed E-state index contributed by atoms with van der Waals surface area (Å²) in [6, 6.07) is 6.17. The average Bonchev–Trinajstić information content (AvgIpc) is 2.92. The maximum atomic E-state index is 10.7. The third-order valence-electron chi connectivity index (χ3n) is 4.65. The molecule has 0 saturated carbocycles. The zero-order valence-corrected chi connectivity index (χ0v) is 12.8. The van der Waals surface area contributed by atoms with Crippen LogP contribution in [0.5, 0.6) is 5.75 Å². The number of rotatable bonds is 4. The Bertz CT molecular complexity index is 494. The molecule has 2 unspecified atom stereocenters. The fraction of sp³-hybridized carbons (Fsp3) is 0.647. The van der Waals surface area contributed by atoms with Gasteiger partial charge in [-0.1, -0.05) is 6.07 Å². The van der Waals surface area contributed by atoms with E-state index in [-0.39, 0.29) is 5.92 Å². The summed E-state index contributed by atoms with van der Waals surface area (Å²) in [4.78, 5) is 0. The van der Waals surface area contributed by atoms with Crippen molar-refractivity contribution in [3.63, 3.8) is 0 Å². The van der Waals surface area contributed by atoms with Crippen LogP contribution in [-0.4, -0.2) is 37.3 Å². The van der Waals surface area contributed by atoms with E-state index >= 15 is 0 Å². The molecule has 1 aliphatic heterocycles. The Kier molecular flexibility index (Phi) is 4.20. The molecule has 2 aliphatic rings. The second-order valence-corrected chi connectivity index (χ2v) is 6.17. The topological polar surface area (TPSA) is 47.9 Å². The van der Waals surface area contributed by atoms with Gasteiger partial charge in [-0.15, -0.1) is 0 Å². The molecule has 4 heteroatoms. The number of aryl methyl sites for hydroxylation is 1. The van der Waals surface area contributed by atoms with Gasteiger partial charge in [0.15, 0.2) is 5.79 Å². The fourth-order valence-electron chi connectivity index (χ4n) is 3.55. The van der Waals surface area contributed by atoms with Gasteiger partial charge >= 0.3 is 0 Å². The van der Waals surface area contributed by atoms with E-state index in [0.29, 0.717) is 19.6 Å². The minimum Gasteiger partial charge on any atom is -0.497 e. The molecule has 0 bridgehead atoms. The molecule has 1 N–H and O–H groups in total. The summed E-state index contributed by atoms with van der Waals surface area (Å²) in [6.45, 7) is 3.14. The molecule has 1 heterocycles. The van der Waals surface area contributed by atoms with Crippen molar-refractivity contribution in [2.45, 2.75) is 50.4 Å². The Labute approximate surface area is 126 Å². The first-order chi connectivity index (χ1) is 10.1. The van der Waals surface area contributed by atoms with Crippen molar-refractivity contribution in [2.75, 3.05) is 20.3 Å². The van der Waals surface area contributed by atoms with Crippen LogP contribution in [0.1, 0.15) is 43.2 Å². The minimum absolute atomic E-state index is 0.157. The second-order valence-electron chi connectivity index (χ2n) is 6.17. The first-order valence-electron chi connectivity index (χ1n) is 7.74. The van der Waals surface area contributed by atoms with Gasteiger partial charge < -0.3 is 19.3 Å². The molecule has 0 spiro atoms. The molecule has 116 valence electrons. The molecular weight excluding hydrogens is 268 g/mol. The predicted octanol–water partition coefficient (Wildman–Crippen LogP) is 2.63. The number of benzene rings is 1. The molecule has 0 aromatic heterocycles. The highest BCUT2D eigenvalue weighted by Crippen LogP contribution is 2.39. The van der Waals surface area contributed by atoms with Crippen molar-refractivity contribution in [1.82, 2.24) is 0 Å². The molecule has 21 heavy (non-hydrogen) atoms. The Balaban J connectivity index is 1.77. The van der Waals surface area contributed by atoms with Crippen molar-refractivity contribution < 1.29 is 19.3 Å². The Morgan fingerprint density at radius 2 is 2.14 bits per heavy atom. The lowest BCUT2D eigenvalue weighted by molar-refractivity contribution is -0.165. The molecule has 1 saturated heterocycles. The van der Waals surface area contributed by atoms with Crippen molar-refractivity contribution in [2.24, 2.45) is 0 Å². The van der Waals surface area contributed by atoms with E-state index in [9.17, 15) is 5.11 Å². The molecule has 1 aromatic carbocycles. The highest BCUT2D eigenvalue weighted by molar-refractivity contribution is 5.39. The summed E-state index contributed by atoms with van der Waals surface area (Å²) in [5.41, 5.74) is 2.54. The molecule has 1 aromatic rings. The number of aliphatic hydroxyl groups is 1. The molecule has 1 aliphatic carbocycles. The van der Waals surface area contributed by atoms with Gasteiger partial charge in [-0.3, -0.25) is 0 Å². The van der Waals surface area contributed by atoms with Gasteiger partial charge in [0.25, 0.3) is 0 Å². The summed E-state index contributed by atoms with van der Waals surface area (Å²) in [5, 5.41) is 10.7. The lowest BCUT2D eigenvalue weighted by Crippen LogP contribution is -2.35. The molecule has 0 amide bonds. The van der Waals surface area contributed by atoms with Gasteiger partial charge in [-0.2, -0.15) is 0 Å². The van der Waals surface area contributed by atoms with E-state index in [1.54, 1.807) is 7.11 Å². The summed E-state index contributed by atoms with van der Waals surface area (Å²) in [7, 11) is 1.69. The monoisotopic (exact) mass is 292 g/mol. The summed E-state index contributed by atoms with van der Waals surface area (Å²) >= 11 is 0. The molecule has 0 radical (unpaired) electrons. The van der Waals surface area contributed by atoms with Crippen molar-refractivity contribution >= 4 is 0 Å². The fourth-order valence-corrected chi connectivity index (χ4v) is 3.55. The third kappa shape index (κ3) is 3.07. The molecular formula is C17H24O4. The van der Waals surface area contributed by atoms with Gasteiger partial charge in [0, 0.05) is 12.3 Å². The number of fused-ring (bicyclic) bond motifs is 1. The number of hydrogen-bond acceptors (Lipinski definition) is 4. The summed E-state index contributed by atoms with van der Waals surface area (Å²) in [6.07, 6.45) is 3.24. The lowest BCUT2D eigenvalue weighted by atomic mass is 9.78. The summed E-state index contributed by atoms with van der Waals surface area (Å²) in [5.74, 6) is 0.409. The van der Waals surface area contributed by atoms with Gasteiger partial charge in [0.05, 0.1) is 26.4 Å². The van der Waals surface area contributed by atoms with Gasteiger partial charge in [-0.05, 0) is 49.4 Å². The quantitative estimate of drug-likeness (QED) is 0.927. The Morgan fingerprint density at radius 3 is 2.86 bits per heavy atom. The number of aliphatic hydroxyl groups excluding tert-OH is 1. The zero-order valence-electron chi connectivity index (χ0n) is 12.8. The minimum atomic E-state index is -0.635. The van der Waals surface area contributed by atoms with Crippen LogP contribution in [0.15, 0.2) is 18.2 Å². The standard InChI is InChI=1S/C17H24O4/c1-17(20-8-9-21-17)11-16(18)15-5-3-4-12-10-13(19-2)6-7-14(12)15/h6-7,10,15-16,18H,3-5,8-9,11H2,1-2H3. The van der Waals surface area contributed by atoms with E-state index in [2.05, 4.69) is 12.1 Å². The molecule has 1 fully saturated rings. The van der Waals surface area contributed by atoms with Crippen LogP contribution in [0, 0.1) is 0 Å². The first-order valence-corrected chi connectivity index (χ1v) is 7.74. The maximum absolute atomic E-state index is 10.7. The van der Waals surface area contributed by atoms with Crippen LogP contribution < -0.4 is 4.74 Å². The van der Waals surface area contributed by atoms with Crippen molar-refractivity contribution in [1.29, 1.82) is 0 Å². The first kappa shape index (κ1) is 14.8. The van der Waals surface area contributed by atoms with Crippen molar-refractivity contribution in [3.05, 3.63) is 29.3 Å².